The second-order valence-corrected chi connectivity index (χ2v) is 23.5. The fraction of sp³-hybridized carbons (Fsp3) is 0.212. The number of hydrogen-bond donors (Lipinski definition) is 3. The maximum Gasteiger partial charge on any atom is 0.251 e. The number of nitrogens with one attached hydrogen (secondary N) is 3. The molecule has 3 atom stereocenters. The second-order valence-electron chi connectivity index (χ2n) is 23.1. The molecule has 15 nitrogen and oxygen atoms in total. The highest BCUT2D eigenvalue weighted by Gasteiger charge is 2.30. The van der Waals surface area contributed by atoms with E-state index in [1.54, 1.807) is 126 Å². The number of hydrogen-bond acceptors (Lipinski definition) is 9. The molecule has 0 saturated heterocycles. The van der Waals surface area contributed by atoms with Gasteiger partial charge < -0.3 is 30.7 Å². The quantitative estimate of drug-likeness (QED) is 0.0427. The highest BCUT2D eigenvalue weighted by Crippen LogP contribution is 2.25. The van der Waals surface area contributed by atoms with Gasteiger partial charge in [0.05, 0.1) is 19.6 Å². The minimum Gasteiger partial charge on any atom is -0.345 e. The summed E-state index contributed by atoms with van der Waals surface area (Å²) in [6, 6.07) is 79.3. The summed E-state index contributed by atoms with van der Waals surface area (Å²) in [5, 5.41) is 8.56. The van der Waals surface area contributed by atoms with Crippen molar-refractivity contribution in [1.82, 2.24) is 16.0 Å². The van der Waals surface area contributed by atoms with E-state index in [4.69, 9.17) is 11.6 Å². The Bertz CT molecular complexity index is 3770. The summed E-state index contributed by atoms with van der Waals surface area (Å²) < 4.78 is 0. The van der Waals surface area contributed by atoms with Gasteiger partial charge in [0.1, 0.15) is 0 Å². The molecule has 96 heavy (non-hydrogen) atoms. The molecule has 0 spiro atoms. The molecule has 0 aliphatic rings. The number of benzene rings is 9. The van der Waals surface area contributed by atoms with Crippen molar-refractivity contribution < 1.29 is 43.2 Å². The fourth-order valence-corrected chi connectivity index (χ4v) is 10.7. The standard InChI is InChI=1S/2C27H28N2O3.C26H25ClN2O3/c1-20-13-15-24(16-14-20)29(2)27(32)23(17-21-9-5-3-6-10-21)18-25(30)19-28-26(31)22-11-7-4-8-12-22;1-2-29(24-16-10-5-11-17-24)27(32)23(18-21-12-6-3-7-13-21)19-25(30)20-28-26(31)22-14-8-4-9-15-22;1-29(23-14-12-22(27)13-15-23)26(32)21(16-19-8-4-2-5-9-19)17-24(30)18-28-25(31)20-10-6-3-7-11-20/h3-16,23H,17-19H2,1-2H3,(H,28,31);3-17,23H,2,18-20H2,1H3,(H,28,31);2-15,21H,16-18H2,1H3,(H,28,31)/t2*23-;21-/m111/s1. The first-order valence-electron chi connectivity index (χ1n) is 31.9. The molecule has 16 heteroatoms. The lowest BCUT2D eigenvalue weighted by atomic mass is 9.92. The summed E-state index contributed by atoms with van der Waals surface area (Å²) in [7, 11) is 3.41. The van der Waals surface area contributed by atoms with Crippen molar-refractivity contribution in [2.75, 3.05) is 55.0 Å². The lowest BCUT2D eigenvalue weighted by Gasteiger charge is -2.26. The largest absolute Gasteiger partial charge is 0.345 e. The molecule has 9 rings (SSSR count). The normalized spacial score (nSPS) is 11.4. The number of anilines is 3. The lowest BCUT2D eigenvalue weighted by Crippen LogP contribution is -2.39. The summed E-state index contributed by atoms with van der Waals surface area (Å²) in [5.41, 5.74) is 7.83. The smallest absolute Gasteiger partial charge is 0.251 e. The maximum absolute atomic E-state index is 13.5. The first kappa shape index (κ1) is 72.5. The van der Waals surface area contributed by atoms with Crippen LogP contribution in [0.15, 0.2) is 261 Å². The van der Waals surface area contributed by atoms with E-state index in [-0.39, 0.29) is 91.7 Å². The van der Waals surface area contributed by atoms with Crippen molar-refractivity contribution in [1.29, 1.82) is 0 Å². The third-order valence-corrected chi connectivity index (χ3v) is 16.1. The molecule has 0 saturated carbocycles. The number of nitrogens with zero attached hydrogens (tertiary/aromatic N) is 3. The van der Waals surface area contributed by atoms with E-state index < -0.39 is 17.8 Å². The molecule has 0 aromatic heterocycles. The third-order valence-electron chi connectivity index (χ3n) is 15.8. The van der Waals surface area contributed by atoms with Crippen molar-refractivity contribution in [3.8, 4) is 0 Å². The Morgan fingerprint density at radius 2 is 0.615 bits per heavy atom. The van der Waals surface area contributed by atoms with Crippen molar-refractivity contribution in [3.05, 3.63) is 305 Å². The molecule has 9 aromatic rings. The molecular formula is C80H81ClN6O9. The van der Waals surface area contributed by atoms with Crippen LogP contribution in [-0.4, -0.2) is 93.1 Å². The zero-order valence-corrected chi connectivity index (χ0v) is 55.3. The van der Waals surface area contributed by atoms with Crippen LogP contribution in [-0.2, 0) is 48.0 Å². The second kappa shape index (κ2) is 38.3. The van der Waals surface area contributed by atoms with E-state index in [1.165, 1.54) is 0 Å². The Morgan fingerprint density at radius 3 is 0.917 bits per heavy atom. The number of carbonyl (C=O) groups excluding carboxylic acids is 9. The Morgan fingerprint density at radius 1 is 0.344 bits per heavy atom. The predicted octanol–water partition coefficient (Wildman–Crippen LogP) is 13.0. The van der Waals surface area contributed by atoms with Crippen LogP contribution in [0.1, 0.15) is 79.5 Å². The van der Waals surface area contributed by atoms with Gasteiger partial charge >= 0.3 is 0 Å². The topological polar surface area (TPSA) is 199 Å². The Balaban J connectivity index is 0.000000203. The minimum absolute atomic E-state index is 0.0285. The van der Waals surface area contributed by atoms with Gasteiger partial charge in [0.25, 0.3) is 17.7 Å². The number of carbonyl (C=O) groups is 9. The summed E-state index contributed by atoms with van der Waals surface area (Å²) in [6.45, 7) is 4.08. The van der Waals surface area contributed by atoms with Gasteiger partial charge in [-0.05, 0) is 135 Å². The van der Waals surface area contributed by atoms with Crippen LogP contribution in [0.25, 0.3) is 0 Å². The number of ketones is 3. The van der Waals surface area contributed by atoms with E-state index >= 15 is 0 Å². The van der Waals surface area contributed by atoms with Gasteiger partial charge in [-0.3, -0.25) is 43.2 Å². The Kier molecular flexibility index (Phi) is 29.0. The molecule has 0 bridgehead atoms. The van der Waals surface area contributed by atoms with Crippen molar-refractivity contribution in [3.63, 3.8) is 0 Å². The van der Waals surface area contributed by atoms with Crippen LogP contribution in [0, 0.1) is 24.7 Å². The van der Waals surface area contributed by atoms with Gasteiger partial charge in [-0.2, -0.15) is 0 Å². The van der Waals surface area contributed by atoms with Gasteiger partial charge in [-0.25, -0.2) is 0 Å². The van der Waals surface area contributed by atoms with Crippen molar-refractivity contribution >= 4 is 81.5 Å². The fourth-order valence-electron chi connectivity index (χ4n) is 10.6. The monoisotopic (exact) mass is 1300 g/mol. The van der Waals surface area contributed by atoms with E-state index in [0.717, 1.165) is 33.6 Å². The Labute approximate surface area is 567 Å². The molecule has 9 aromatic carbocycles. The average molecular weight is 1310 g/mol. The number of halogens is 1. The minimum atomic E-state index is -0.556. The molecule has 6 amide bonds. The maximum atomic E-state index is 13.5. The number of rotatable bonds is 28. The Hall–Kier alpha value is -10.9. The van der Waals surface area contributed by atoms with E-state index in [0.29, 0.717) is 53.2 Å². The average Bonchev–Trinajstić information content (AvgIpc) is 0.982. The molecular weight excluding hydrogens is 1220 g/mol. The molecule has 0 heterocycles. The summed E-state index contributed by atoms with van der Waals surface area (Å²) in [5.74, 6) is -3.46. The SMILES string of the molecule is CCN(C(=O)[C@@H](CC(=O)CNC(=O)c1ccccc1)Cc1ccccc1)c1ccccc1.CN(C(=O)[C@@H](CC(=O)CNC(=O)c1ccccc1)Cc1ccccc1)c1ccc(Cl)cc1.Cc1ccc(N(C)C(=O)[C@@H](CC(=O)CNC(=O)c2ccccc2)Cc2ccccc2)cc1. The zero-order chi connectivity index (χ0) is 68.6. The van der Waals surface area contributed by atoms with Crippen molar-refractivity contribution in [2.45, 2.75) is 52.4 Å². The van der Waals surface area contributed by atoms with Gasteiger partial charge in [-0.1, -0.05) is 193 Å². The number of Topliss-reactive ketones (excluding diaryl/α,β-unsaturated/α-hetero) is 3. The molecule has 3 N–H and O–H groups in total. The van der Waals surface area contributed by atoms with E-state index in [1.807, 2.05) is 178 Å². The first-order valence-corrected chi connectivity index (χ1v) is 32.2. The van der Waals surface area contributed by atoms with E-state index in [2.05, 4.69) is 16.0 Å². The van der Waals surface area contributed by atoms with Crippen LogP contribution in [0.5, 0.6) is 0 Å². The van der Waals surface area contributed by atoms with Crippen LogP contribution < -0.4 is 30.7 Å². The van der Waals surface area contributed by atoms with Crippen LogP contribution >= 0.6 is 11.6 Å². The van der Waals surface area contributed by atoms with Crippen LogP contribution in [0.2, 0.25) is 5.02 Å². The number of aryl methyl sites for hydroxylation is 1. The van der Waals surface area contributed by atoms with Gasteiger partial charge in [0.2, 0.25) is 17.7 Å². The van der Waals surface area contributed by atoms with Gasteiger partial charge in [-0.15, -0.1) is 0 Å². The highest BCUT2D eigenvalue weighted by molar-refractivity contribution is 6.30. The van der Waals surface area contributed by atoms with Crippen LogP contribution in [0.4, 0.5) is 17.1 Å². The molecule has 0 fully saturated rings. The molecule has 0 unspecified atom stereocenters. The van der Waals surface area contributed by atoms with Crippen LogP contribution in [0.3, 0.4) is 0 Å². The molecule has 492 valence electrons. The first-order chi connectivity index (χ1) is 46.5. The highest BCUT2D eigenvalue weighted by atomic mass is 35.5. The molecule has 0 radical (unpaired) electrons. The molecule has 0 aliphatic carbocycles. The number of para-hydroxylation sites is 1. The summed E-state index contributed by atoms with van der Waals surface area (Å²) in [4.78, 5) is 120. The third kappa shape index (κ3) is 23.6. The predicted molar refractivity (Wildman–Crippen MR) is 380 cm³/mol. The van der Waals surface area contributed by atoms with Crippen molar-refractivity contribution in [2.24, 2.45) is 17.8 Å². The van der Waals surface area contributed by atoms with E-state index in [9.17, 15) is 43.2 Å². The summed E-state index contributed by atoms with van der Waals surface area (Å²) >= 11 is 5.96. The zero-order valence-electron chi connectivity index (χ0n) is 54.5. The van der Waals surface area contributed by atoms with Gasteiger partial charge in [0, 0.05) is 96.4 Å². The lowest BCUT2D eigenvalue weighted by molar-refractivity contribution is -0.127. The molecule has 0 aliphatic heterocycles. The number of amides is 6. The summed E-state index contributed by atoms with van der Waals surface area (Å²) in [6.07, 6.45) is 1.48. The van der Waals surface area contributed by atoms with Gasteiger partial charge in [0.15, 0.2) is 17.3 Å².